The fraction of sp³-hybridized carbons (Fsp3) is 0.227. The van der Waals surface area contributed by atoms with Crippen molar-refractivity contribution >= 4 is 47.1 Å². The van der Waals surface area contributed by atoms with Gasteiger partial charge in [-0.05, 0) is 42.5 Å². The second-order valence-electron chi connectivity index (χ2n) is 7.23. The van der Waals surface area contributed by atoms with Gasteiger partial charge in [-0.15, -0.1) is 12.4 Å². The van der Waals surface area contributed by atoms with Crippen LogP contribution in [0.4, 0.5) is 30.2 Å². The van der Waals surface area contributed by atoms with E-state index in [1.807, 2.05) is 47.3 Å². The Morgan fingerprint density at radius 2 is 1.85 bits per heavy atom. The minimum Gasteiger partial charge on any atom is -0.352 e. The Morgan fingerprint density at radius 1 is 1.09 bits per heavy atom. The summed E-state index contributed by atoms with van der Waals surface area (Å²) >= 11 is 1.24. The van der Waals surface area contributed by atoms with Crippen molar-refractivity contribution in [2.75, 3.05) is 30.3 Å². The third-order valence-electron chi connectivity index (χ3n) is 4.90. The summed E-state index contributed by atoms with van der Waals surface area (Å²) in [5.74, 6) is -0.378. The van der Waals surface area contributed by atoms with Gasteiger partial charge in [0.25, 0.3) is 0 Å². The van der Waals surface area contributed by atoms with E-state index >= 15 is 0 Å². The third-order valence-corrected chi connectivity index (χ3v) is 6.00. The van der Waals surface area contributed by atoms with Crippen molar-refractivity contribution in [3.63, 3.8) is 0 Å². The standard InChI is InChI=1S/C22H22F3N5OS.ClH/c23-22(24,25)14-11-17(28-20(31)5-7-27-8-6-26)21-19(12-14)32-18-13-15(3-4-16(18)29-21)30-9-1-2-10-30;/h1-4,9-13,27,29H,5-8,26H2,(H,28,31);1H. The molecule has 1 aromatic heterocycles. The first-order valence-electron chi connectivity index (χ1n) is 10.0. The van der Waals surface area contributed by atoms with Crippen LogP contribution in [0.2, 0.25) is 0 Å². The number of carbonyl (C=O) groups is 1. The number of anilines is 3. The average molecular weight is 498 g/mol. The Morgan fingerprint density at radius 3 is 2.55 bits per heavy atom. The summed E-state index contributed by atoms with van der Waals surface area (Å²) in [6.45, 7) is 1.39. The predicted octanol–water partition coefficient (Wildman–Crippen LogP) is 5.00. The van der Waals surface area contributed by atoms with Gasteiger partial charge in [-0.3, -0.25) is 4.79 Å². The lowest BCUT2D eigenvalue weighted by Crippen LogP contribution is -2.26. The second kappa shape index (κ2) is 10.5. The topological polar surface area (TPSA) is 84.1 Å². The lowest BCUT2D eigenvalue weighted by atomic mass is 10.1. The normalized spacial score (nSPS) is 12.2. The highest BCUT2D eigenvalue weighted by Crippen LogP contribution is 2.50. The molecule has 2 aromatic carbocycles. The molecule has 1 aliphatic heterocycles. The van der Waals surface area contributed by atoms with Gasteiger partial charge in [0.05, 0.1) is 22.6 Å². The summed E-state index contributed by atoms with van der Waals surface area (Å²) in [6.07, 6.45) is -0.622. The summed E-state index contributed by atoms with van der Waals surface area (Å²) in [4.78, 5) is 13.5. The number of nitrogens with two attached hydrogens (primary N) is 1. The van der Waals surface area contributed by atoms with Crippen molar-refractivity contribution in [1.82, 2.24) is 9.88 Å². The number of aromatic nitrogens is 1. The number of hydrogen-bond donors (Lipinski definition) is 4. The third kappa shape index (κ3) is 5.83. The molecular formula is C22H23ClF3N5OS. The van der Waals surface area contributed by atoms with Gasteiger partial charge in [-0.25, -0.2) is 0 Å². The van der Waals surface area contributed by atoms with E-state index in [1.165, 1.54) is 11.8 Å². The zero-order valence-electron chi connectivity index (χ0n) is 17.4. The molecule has 3 aromatic rings. The van der Waals surface area contributed by atoms with Crippen LogP contribution in [0.3, 0.4) is 0 Å². The minimum atomic E-state index is -4.54. The predicted molar refractivity (Wildman–Crippen MR) is 127 cm³/mol. The second-order valence-corrected chi connectivity index (χ2v) is 8.31. The monoisotopic (exact) mass is 497 g/mol. The molecule has 0 unspecified atom stereocenters. The maximum Gasteiger partial charge on any atom is 0.416 e. The van der Waals surface area contributed by atoms with Crippen LogP contribution in [0.5, 0.6) is 0 Å². The van der Waals surface area contributed by atoms with Gasteiger partial charge in [0.1, 0.15) is 0 Å². The van der Waals surface area contributed by atoms with Crippen LogP contribution in [-0.4, -0.2) is 30.1 Å². The maximum atomic E-state index is 13.5. The van der Waals surface area contributed by atoms with Gasteiger partial charge in [-0.1, -0.05) is 11.8 Å². The van der Waals surface area contributed by atoms with E-state index in [9.17, 15) is 18.0 Å². The number of rotatable bonds is 7. The van der Waals surface area contributed by atoms with E-state index < -0.39 is 11.7 Å². The van der Waals surface area contributed by atoms with Crippen LogP contribution in [0.25, 0.3) is 5.69 Å². The van der Waals surface area contributed by atoms with E-state index in [0.717, 1.165) is 28.4 Å². The smallest absolute Gasteiger partial charge is 0.352 e. The van der Waals surface area contributed by atoms with Crippen LogP contribution in [0, 0.1) is 0 Å². The Balaban J connectivity index is 0.00000306. The summed E-state index contributed by atoms with van der Waals surface area (Å²) in [5.41, 5.74) is 6.80. The van der Waals surface area contributed by atoms with E-state index in [0.29, 0.717) is 30.2 Å². The summed E-state index contributed by atoms with van der Waals surface area (Å²) in [7, 11) is 0. The molecule has 2 heterocycles. The molecule has 6 nitrogen and oxygen atoms in total. The number of amides is 1. The van der Waals surface area contributed by atoms with Crippen LogP contribution >= 0.6 is 24.2 Å². The summed E-state index contributed by atoms with van der Waals surface area (Å²) in [6, 6.07) is 11.6. The molecule has 33 heavy (non-hydrogen) atoms. The van der Waals surface area contributed by atoms with Crippen LogP contribution in [-0.2, 0) is 11.0 Å². The molecule has 0 saturated carbocycles. The number of hydrogen-bond acceptors (Lipinski definition) is 5. The molecule has 0 spiro atoms. The van der Waals surface area contributed by atoms with Crippen molar-refractivity contribution in [3.8, 4) is 5.69 Å². The minimum absolute atomic E-state index is 0. The highest BCUT2D eigenvalue weighted by atomic mass is 35.5. The molecule has 0 saturated heterocycles. The first-order valence-corrected chi connectivity index (χ1v) is 10.8. The number of alkyl halides is 3. The number of carbonyl (C=O) groups excluding carboxylic acids is 1. The van der Waals surface area contributed by atoms with Crippen LogP contribution in [0.1, 0.15) is 12.0 Å². The van der Waals surface area contributed by atoms with Crippen molar-refractivity contribution in [1.29, 1.82) is 0 Å². The zero-order valence-corrected chi connectivity index (χ0v) is 19.0. The van der Waals surface area contributed by atoms with Crippen molar-refractivity contribution in [2.45, 2.75) is 22.4 Å². The molecule has 1 amide bonds. The van der Waals surface area contributed by atoms with Crippen molar-refractivity contribution < 1.29 is 18.0 Å². The van der Waals surface area contributed by atoms with Crippen molar-refractivity contribution in [2.24, 2.45) is 5.73 Å². The largest absolute Gasteiger partial charge is 0.416 e. The molecule has 0 atom stereocenters. The van der Waals surface area contributed by atoms with Gasteiger partial charge in [0.2, 0.25) is 5.91 Å². The number of fused-ring (bicyclic) bond motifs is 2. The fourth-order valence-corrected chi connectivity index (χ4v) is 4.44. The molecule has 5 N–H and O–H groups in total. The summed E-state index contributed by atoms with van der Waals surface area (Å²) < 4.78 is 42.5. The van der Waals surface area contributed by atoms with Crippen LogP contribution < -0.4 is 21.7 Å². The lowest BCUT2D eigenvalue weighted by molar-refractivity contribution is -0.137. The van der Waals surface area contributed by atoms with Gasteiger partial charge in [0.15, 0.2) is 0 Å². The van der Waals surface area contributed by atoms with E-state index in [-0.39, 0.29) is 30.4 Å². The Hall–Kier alpha value is -2.66. The molecule has 0 radical (unpaired) electrons. The van der Waals surface area contributed by atoms with Gasteiger partial charge < -0.3 is 26.3 Å². The molecule has 4 rings (SSSR count). The maximum absolute atomic E-state index is 13.5. The van der Waals surface area contributed by atoms with E-state index in [4.69, 9.17) is 5.73 Å². The number of benzene rings is 2. The molecule has 0 aliphatic carbocycles. The number of nitrogens with zero attached hydrogens (tertiary/aromatic N) is 1. The number of halogens is 4. The Labute approximate surface area is 199 Å². The lowest BCUT2D eigenvalue weighted by Gasteiger charge is -2.25. The molecule has 1 aliphatic rings. The highest BCUT2D eigenvalue weighted by molar-refractivity contribution is 7.99. The van der Waals surface area contributed by atoms with Gasteiger partial charge >= 0.3 is 6.18 Å². The number of nitrogens with one attached hydrogen (secondary N) is 3. The highest BCUT2D eigenvalue weighted by Gasteiger charge is 2.33. The average Bonchev–Trinajstić information content (AvgIpc) is 3.29. The first kappa shape index (κ1) is 25.0. The molecule has 0 bridgehead atoms. The van der Waals surface area contributed by atoms with Gasteiger partial charge in [0, 0.05) is 53.9 Å². The Kier molecular flexibility index (Phi) is 7.96. The fourth-order valence-electron chi connectivity index (χ4n) is 3.35. The quantitative estimate of drug-likeness (QED) is 0.270. The SMILES string of the molecule is Cl.NCCNCCC(=O)Nc1cc(C(F)(F)F)cc2c1Nc1ccc(-n3cccc3)cc1S2. The van der Waals surface area contributed by atoms with Crippen LogP contribution in [0.15, 0.2) is 64.6 Å². The van der Waals surface area contributed by atoms with Gasteiger partial charge in [-0.2, -0.15) is 13.2 Å². The first-order chi connectivity index (χ1) is 15.3. The summed E-state index contributed by atoms with van der Waals surface area (Å²) in [5, 5.41) is 8.82. The zero-order chi connectivity index (χ0) is 22.7. The molecular weight excluding hydrogens is 475 g/mol. The molecule has 0 fully saturated rings. The molecule has 11 heteroatoms. The van der Waals surface area contributed by atoms with E-state index in [1.54, 1.807) is 0 Å². The van der Waals surface area contributed by atoms with E-state index in [2.05, 4.69) is 16.0 Å². The van der Waals surface area contributed by atoms with Crippen molar-refractivity contribution in [3.05, 3.63) is 60.4 Å². The molecule has 176 valence electrons. The Bertz CT molecular complexity index is 1120.